The summed E-state index contributed by atoms with van der Waals surface area (Å²) in [4.78, 5) is 21.4. The molecule has 0 aromatic carbocycles. The molecular formula is C8H9N7O2. The van der Waals surface area contributed by atoms with Crippen molar-refractivity contribution in [3.05, 3.63) is 34.0 Å². The number of rotatable bonds is 3. The van der Waals surface area contributed by atoms with E-state index >= 15 is 0 Å². The molecule has 0 bridgehead atoms. The van der Waals surface area contributed by atoms with Gasteiger partial charge in [0, 0.05) is 16.9 Å². The Morgan fingerprint density at radius 3 is 2.88 bits per heavy atom. The maximum atomic E-state index is 10.4. The largest absolute Gasteiger partial charge is 0.490 e. The summed E-state index contributed by atoms with van der Waals surface area (Å²) in [5.74, 6) is 0.329. The lowest BCUT2D eigenvalue weighted by Gasteiger charge is -2.00. The first-order valence-electron chi connectivity index (χ1n) is 4.68. The van der Waals surface area contributed by atoms with Gasteiger partial charge in [0.1, 0.15) is 12.4 Å². The van der Waals surface area contributed by atoms with Crippen molar-refractivity contribution in [2.45, 2.75) is 13.5 Å². The van der Waals surface area contributed by atoms with Crippen LogP contribution in [0.25, 0.3) is 0 Å². The molecule has 0 aliphatic carbocycles. The van der Waals surface area contributed by atoms with Gasteiger partial charge in [0.15, 0.2) is 5.82 Å². The molecule has 0 aliphatic rings. The summed E-state index contributed by atoms with van der Waals surface area (Å²) in [5, 5.41) is 14.0. The Kier molecular flexibility index (Phi) is 2.65. The second kappa shape index (κ2) is 4.12. The van der Waals surface area contributed by atoms with Gasteiger partial charge in [-0.1, -0.05) is 4.98 Å². The van der Waals surface area contributed by atoms with Crippen molar-refractivity contribution in [3.63, 3.8) is 0 Å². The summed E-state index contributed by atoms with van der Waals surface area (Å²) >= 11 is 0. The molecule has 2 aromatic heterocycles. The third kappa shape index (κ3) is 2.51. The van der Waals surface area contributed by atoms with Gasteiger partial charge in [0.05, 0.1) is 0 Å². The predicted molar refractivity (Wildman–Crippen MR) is 57.0 cm³/mol. The lowest BCUT2D eigenvalue weighted by Crippen LogP contribution is -2.07. The number of nitrogens with two attached hydrogens (primary N) is 1. The van der Waals surface area contributed by atoms with Crippen LogP contribution in [0, 0.1) is 17.0 Å². The normalized spacial score (nSPS) is 10.4. The summed E-state index contributed by atoms with van der Waals surface area (Å²) < 4.78 is 1.28. The highest BCUT2D eigenvalue weighted by molar-refractivity contribution is 5.29. The van der Waals surface area contributed by atoms with E-state index in [2.05, 4.69) is 20.1 Å². The molecule has 2 heterocycles. The molecule has 88 valence electrons. The maximum absolute atomic E-state index is 10.4. The van der Waals surface area contributed by atoms with Crippen molar-refractivity contribution >= 4 is 11.8 Å². The number of aryl methyl sites for hydroxylation is 1. The molecule has 2 aromatic rings. The first-order chi connectivity index (χ1) is 8.04. The van der Waals surface area contributed by atoms with Crippen LogP contribution in [0.4, 0.5) is 11.8 Å². The van der Waals surface area contributed by atoms with Gasteiger partial charge in [0.2, 0.25) is 6.33 Å². The van der Waals surface area contributed by atoms with Crippen LogP contribution in [0.3, 0.4) is 0 Å². The fourth-order valence-electron chi connectivity index (χ4n) is 1.32. The van der Waals surface area contributed by atoms with Crippen molar-refractivity contribution in [2.24, 2.45) is 0 Å². The van der Waals surface area contributed by atoms with Crippen LogP contribution in [0.15, 0.2) is 12.4 Å². The molecule has 0 fully saturated rings. The second-order valence-corrected chi connectivity index (χ2v) is 3.35. The summed E-state index contributed by atoms with van der Waals surface area (Å²) in [6, 6.07) is 1.63. The van der Waals surface area contributed by atoms with Gasteiger partial charge in [-0.05, 0) is 11.8 Å². The van der Waals surface area contributed by atoms with E-state index < -0.39 is 10.9 Å². The number of hydrogen-bond acceptors (Lipinski definition) is 7. The number of aromatic nitrogens is 5. The third-order valence-corrected chi connectivity index (χ3v) is 1.91. The van der Waals surface area contributed by atoms with Crippen LogP contribution in [0.2, 0.25) is 0 Å². The zero-order valence-corrected chi connectivity index (χ0v) is 8.94. The molecule has 0 amide bonds. The first-order valence-corrected chi connectivity index (χ1v) is 4.68. The summed E-state index contributed by atoms with van der Waals surface area (Å²) in [6.45, 7) is 1.97. The monoisotopic (exact) mass is 235 g/mol. The minimum absolute atomic E-state index is 0.187. The molecule has 0 radical (unpaired) electrons. The molecule has 0 aliphatic heterocycles. The SMILES string of the molecule is Cc1cc(N)nc(Cn2cnc([N+](=O)[O-])n2)n1. The Morgan fingerprint density at radius 1 is 1.53 bits per heavy atom. The molecule has 2 N–H and O–H groups in total. The lowest BCUT2D eigenvalue weighted by molar-refractivity contribution is -0.394. The molecular weight excluding hydrogens is 226 g/mol. The number of nitrogens with zero attached hydrogens (tertiary/aromatic N) is 6. The number of hydrogen-bond donors (Lipinski definition) is 1. The maximum Gasteiger partial charge on any atom is 0.490 e. The van der Waals surface area contributed by atoms with E-state index in [0.29, 0.717) is 11.6 Å². The molecule has 0 atom stereocenters. The van der Waals surface area contributed by atoms with E-state index in [-0.39, 0.29) is 6.54 Å². The Hall–Kier alpha value is -2.58. The summed E-state index contributed by atoms with van der Waals surface area (Å²) in [5.41, 5.74) is 6.29. The van der Waals surface area contributed by atoms with Crippen molar-refractivity contribution in [1.82, 2.24) is 24.7 Å². The van der Waals surface area contributed by atoms with E-state index in [9.17, 15) is 10.1 Å². The molecule has 0 unspecified atom stereocenters. The predicted octanol–water partition coefficient (Wildman–Crippen LogP) is -0.0848. The Morgan fingerprint density at radius 2 is 2.29 bits per heavy atom. The fraction of sp³-hybridized carbons (Fsp3) is 0.250. The average Bonchev–Trinajstić information content (AvgIpc) is 2.64. The zero-order chi connectivity index (χ0) is 12.4. The van der Waals surface area contributed by atoms with Crippen molar-refractivity contribution in [3.8, 4) is 0 Å². The lowest BCUT2D eigenvalue weighted by atomic mass is 10.4. The van der Waals surface area contributed by atoms with Gasteiger partial charge in [-0.15, -0.1) is 0 Å². The average molecular weight is 235 g/mol. The van der Waals surface area contributed by atoms with E-state index in [1.54, 1.807) is 13.0 Å². The van der Waals surface area contributed by atoms with Crippen molar-refractivity contribution < 1.29 is 4.92 Å². The van der Waals surface area contributed by atoms with Gasteiger partial charge in [-0.25, -0.2) is 9.97 Å². The first kappa shape index (κ1) is 10.9. The molecule has 0 spiro atoms. The number of anilines is 1. The fourth-order valence-corrected chi connectivity index (χ4v) is 1.32. The van der Waals surface area contributed by atoms with E-state index in [1.165, 1.54) is 11.0 Å². The highest BCUT2D eigenvalue weighted by Crippen LogP contribution is 2.05. The smallest absolute Gasteiger partial charge is 0.390 e. The van der Waals surface area contributed by atoms with Gasteiger partial charge in [-0.2, -0.15) is 4.68 Å². The van der Waals surface area contributed by atoms with Gasteiger partial charge in [-0.3, -0.25) is 0 Å². The standard InChI is InChI=1S/C8H9N7O2/c1-5-2-6(9)12-7(11-5)3-14-4-10-8(13-14)15(16)17/h2,4H,3H2,1H3,(H2,9,11,12). The van der Waals surface area contributed by atoms with Crippen molar-refractivity contribution in [2.75, 3.05) is 5.73 Å². The van der Waals surface area contributed by atoms with Crippen LogP contribution in [0.1, 0.15) is 11.5 Å². The van der Waals surface area contributed by atoms with Crippen LogP contribution < -0.4 is 5.73 Å². The Labute approximate surface area is 95.5 Å². The van der Waals surface area contributed by atoms with Crippen molar-refractivity contribution in [1.29, 1.82) is 0 Å². The second-order valence-electron chi connectivity index (χ2n) is 3.35. The molecule has 2 rings (SSSR count). The Balaban J connectivity index is 2.22. The molecule has 17 heavy (non-hydrogen) atoms. The molecule has 9 heteroatoms. The van der Waals surface area contributed by atoms with Crippen LogP contribution in [0.5, 0.6) is 0 Å². The third-order valence-electron chi connectivity index (χ3n) is 1.91. The summed E-state index contributed by atoms with van der Waals surface area (Å²) in [6.07, 6.45) is 1.25. The minimum atomic E-state index is -0.665. The zero-order valence-electron chi connectivity index (χ0n) is 8.94. The number of nitrogen functional groups attached to an aromatic ring is 1. The quantitative estimate of drug-likeness (QED) is 0.582. The van der Waals surface area contributed by atoms with E-state index in [4.69, 9.17) is 5.73 Å². The Bertz CT molecular complexity index is 545. The van der Waals surface area contributed by atoms with Crippen LogP contribution in [-0.2, 0) is 6.54 Å². The van der Waals surface area contributed by atoms with Gasteiger partial charge >= 0.3 is 5.95 Å². The minimum Gasteiger partial charge on any atom is -0.390 e. The number of nitro groups is 1. The molecule has 0 saturated heterocycles. The van der Waals surface area contributed by atoms with Crippen LogP contribution in [-0.4, -0.2) is 29.7 Å². The highest BCUT2D eigenvalue weighted by Gasteiger charge is 2.14. The molecule has 0 saturated carbocycles. The van der Waals surface area contributed by atoms with Gasteiger partial charge < -0.3 is 15.8 Å². The van der Waals surface area contributed by atoms with E-state index in [0.717, 1.165) is 5.69 Å². The summed E-state index contributed by atoms with van der Waals surface area (Å²) in [7, 11) is 0. The topological polar surface area (TPSA) is 126 Å². The van der Waals surface area contributed by atoms with Gasteiger partial charge in [0.25, 0.3) is 0 Å². The van der Waals surface area contributed by atoms with E-state index in [1.807, 2.05) is 0 Å². The highest BCUT2D eigenvalue weighted by atomic mass is 16.6. The molecule has 9 nitrogen and oxygen atoms in total. The van der Waals surface area contributed by atoms with Crippen LogP contribution >= 0.6 is 0 Å².